The molecule has 0 unspecified atom stereocenters. The number of aromatic nitrogens is 2. The van der Waals surface area contributed by atoms with Gasteiger partial charge in [-0.25, -0.2) is 4.98 Å². The van der Waals surface area contributed by atoms with Gasteiger partial charge in [-0.15, -0.1) is 0 Å². The average molecular weight is 251 g/mol. The molecule has 1 aromatic carbocycles. The smallest absolute Gasteiger partial charge is 0.292 e. The molecule has 0 aliphatic carbocycles. The molecule has 0 radical (unpaired) electrons. The van der Waals surface area contributed by atoms with Gasteiger partial charge in [0.15, 0.2) is 5.15 Å². The lowest BCUT2D eigenvalue weighted by Crippen LogP contribution is -2.19. The lowest BCUT2D eigenvalue weighted by molar-refractivity contribution is 0.339. The minimum atomic E-state index is -0.360. The zero-order chi connectivity index (χ0) is 12.3. The maximum absolute atomic E-state index is 11.8. The molecule has 88 valence electrons. The normalized spacial score (nSPS) is 10.2. The summed E-state index contributed by atoms with van der Waals surface area (Å²) in [4.78, 5) is 15.6. The van der Waals surface area contributed by atoms with Gasteiger partial charge in [0.1, 0.15) is 5.75 Å². The van der Waals surface area contributed by atoms with Gasteiger partial charge in [-0.05, 0) is 19.1 Å². The fourth-order valence-corrected chi connectivity index (χ4v) is 1.66. The summed E-state index contributed by atoms with van der Waals surface area (Å²) in [6.07, 6.45) is 3.04. The highest BCUT2D eigenvalue weighted by Crippen LogP contribution is 2.21. The lowest BCUT2D eigenvalue weighted by atomic mass is 10.3. The van der Waals surface area contributed by atoms with Crippen molar-refractivity contribution in [2.45, 2.75) is 6.92 Å². The zero-order valence-corrected chi connectivity index (χ0v) is 10.0. The van der Waals surface area contributed by atoms with Crippen molar-refractivity contribution in [3.63, 3.8) is 0 Å². The van der Waals surface area contributed by atoms with Crippen LogP contribution in [0.15, 0.2) is 41.5 Å². The van der Waals surface area contributed by atoms with E-state index < -0.39 is 0 Å². The molecule has 0 N–H and O–H groups in total. The molecule has 17 heavy (non-hydrogen) atoms. The number of benzene rings is 1. The predicted octanol–water partition coefficient (Wildman–Crippen LogP) is 2.28. The average Bonchev–Trinajstić information content (AvgIpc) is 2.34. The van der Waals surface area contributed by atoms with Gasteiger partial charge in [0.2, 0.25) is 0 Å². The Balaban J connectivity index is 2.60. The molecule has 0 aliphatic rings. The van der Waals surface area contributed by atoms with Crippen LogP contribution in [0.5, 0.6) is 5.75 Å². The van der Waals surface area contributed by atoms with E-state index in [0.29, 0.717) is 18.0 Å². The summed E-state index contributed by atoms with van der Waals surface area (Å²) in [5, 5.41) is -0.0567. The van der Waals surface area contributed by atoms with Crippen molar-refractivity contribution in [1.82, 2.24) is 9.55 Å². The fourth-order valence-electron chi connectivity index (χ4n) is 1.51. The number of para-hydroxylation sites is 2. The van der Waals surface area contributed by atoms with Crippen molar-refractivity contribution in [2.24, 2.45) is 0 Å². The number of nitrogens with zero attached hydrogens (tertiary/aromatic N) is 2. The molecule has 2 aromatic rings. The highest BCUT2D eigenvalue weighted by molar-refractivity contribution is 6.29. The predicted molar refractivity (Wildman–Crippen MR) is 66.0 cm³/mol. The summed E-state index contributed by atoms with van der Waals surface area (Å²) < 4.78 is 6.88. The minimum Gasteiger partial charge on any atom is -0.492 e. The van der Waals surface area contributed by atoms with Crippen molar-refractivity contribution in [3.8, 4) is 11.4 Å². The van der Waals surface area contributed by atoms with E-state index in [1.807, 2.05) is 19.1 Å². The van der Waals surface area contributed by atoms with Gasteiger partial charge < -0.3 is 4.74 Å². The highest BCUT2D eigenvalue weighted by atomic mass is 35.5. The number of halogens is 1. The van der Waals surface area contributed by atoms with Gasteiger partial charge in [-0.2, -0.15) is 0 Å². The summed E-state index contributed by atoms with van der Waals surface area (Å²) in [5.74, 6) is 0.638. The molecule has 0 amide bonds. The number of hydrogen-bond acceptors (Lipinski definition) is 3. The number of ether oxygens (including phenoxy) is 1. The molecule has 2 rings (SSSR count). The molecule has 5 heteroatoms. The van der Waals surface area contributed by atoms with Crippen LogP contribution in [0.4, 0.5) is 0 Å². The topological polar surface area (TPSA) is 44.1 Å². The van der Waals surface area contributed by atoms with E-state index in [2.05, 4.69) is 4.98 Å². The summed E-state index contributed by atoms with van der Waals surface area (Å²) in [6.45, 7) is 2.42. The second-order valence-corrected chi connectivity index (χ2v) is 3.65. The highest BCUT2D eigenvalue weighted by Gasteiger charge is 2.08. The largest absolute Gasteiger partial charge is 0.492 e. The van der Waals surface area contributed by atoms with Crippen LogP contribution in [0.2, 0.25) is 5.15 Å². The lowest BCUT2D eigenvalue weighted by Gasteiger charge is -2.11. The van der Waals surface area contributed by atoms with Crippen molar-refractivity contribution >= 4 is 11.6 Å². The van der Waals surface area contributed by atoms with Gasteiger partial charge in [-0.3, -0.25) is 9.36 Å². The van der Waals surface area contributed by atoms with E-state index in [1.54, 1.807) is 18.3 Å². The Kier molecular flexibility index (Phi) is 3.44. The molecule has 0 fully saturated rings. The number of rotatable bonds is 3. The van der Waals surface area contributed by atoms with Crippen LogP contribution in [0.1, 0.15) is 6.92 Å². The van der Waals surface area contributed by atoms with Gasteiger partial charge >= 0.3 is 0 Å². The van der Waals surface area contributed by atoms with Crippen molar-refractivity contribution in [3.05, 3.63) is 52.2 Å². The molecule has 4 nitrogen and oxygen atoms in total. The quantitative estimate of drug-likeness (QED) is 0.840. The van der Waals surface area contributed by atoms with Crippen LogP contribution >= 0.6 is 11.6 Å². The third kappa shape index (κ3) is 2.31. The Labute approximate surface area is 103 Å². The first-order valence-corrected chi connectivity index (χ1v) is 5.57. The first kappa shape index (κ1) is 11.7. The maximum Gasteiger partial charge on any atom is 0.292 e. The summed E-state index contributed by atoms with van der Waals surface area (Å²) in [6, 6.07) is 7.28. The molecular weight excluding hydrogens is 240 g/mol. The van der Waals surface area contributed by atoms with E-state index in [4.69, 9.17) is 16.3 Å². The first-order chi connectivity index (χ1) is 8.24. The summed E-state index contributed by atoms with van der Waals surface area (Å²) >= 11 is 5.71. The summed E-state index contributed by atoms with van der Waals surface area (Å²) in [7, 11) is 0. The third-order valence-electron chi connectivity index (χ3n) is 2.22. The number of hydrogen-bond donors (Lipinski definition) is 0. The van der Waals surface area contributed by atoms with Crippen molar-refractivity contribution in [1.29, 1.82) is 0 Å². The Hall–Kier alpha value is -1.81. The molecule has 0 spiro atoms. The van der Waals surface area contributed by atoms with Crippen LogP contribution in [-0.4, -0.2) is 16.2 Å². The third-order valence-corrected chi connectivity index (χ3v) is 2.48. The second kappa shape index (κ2) is 5.01. The fraction of sp³-hybridized carbons (Fsp3) is 0.167. The first-order valence-electron chi connectivity index (χ1n) is 5.19. The van der Waals surface area contributed by atoms with Crippen LogP contribution in [0.25, 0.3) is 5.69 Å². The maximum atomic E-state index is 11.8. The van der Waals surface area contributed by atoms with E-state index in [0.717, 1.165) is 0 Å². The van der Waals surface area contributed by atoms with Crippen LogP contribution in [0.3, 0.4) is 0 Å². The van der Waals surface area contributed by atoms with E-state index in [-0.39, 0.29) is 10.7 Å². The Bertz CT molecular complexity index is 581. The molecule has 0 saturated carbocycles. The van der Waals surface area contributed by atoms with Gasteiger partial charge in [0, 0.05) is 12.4 Å². The summed E-state index contributed by atoms with van der Waals surface area (Å²) in [5.41, 5.74) is 0.296. The molecule has 0 saturated heterocycles. The van der Waals surface area contributed by atoms with E-state index in [9.17, 15) is 4.79 Å². The molecular formula is C12H11ClN2O2. The Morgan fingerprint density at radius 2 is 2.18 bits per heavy atom. The van der Waals surface area contributed by atoms with Crippen LogP contribution < -0.4 is 10.3 Å². The van der Waals surface area contributed by atoms with Gasteiger partial charge in [0.25, 0.3) is 5.56 Å². The Morgan fingerprint density at radius 3 is 2.94 bits per heavy atom. The minimum absolute atomic E-state index is 0.0567. The zero-order valence-electron chi connectivity index (χ0n) is 9.26. The van der Waals surface area contributed by atoms with Crippen molar-refractivity contribution < 1.29 is 4.74 Å². The molecule has 0 atom stereocenters. The molecule has 1 aromatic heterocycles. The van der Waals surface area contributed by atoms with Crippen LogP contribution in [0, 0.1) is 0 Å². The second-order valence-electron chi connectivity index (χ2n) is 3.29. The monoisotopic (exact) mass is 250 g/mol. The molecule has 0 aliphatic heterocycles. The molecule has 0 bridgehead atoms. The van der Waals surface area contributed by atoms with E-state index >= 15 is 0 Å². The van der Waals surface area contributed by atoms with Gasteiger partial charge in [0.05, 0.1) is 12.3 Å². The van der Waals surface area contributed by atoms with Crippen LogP contribution in [-0.2, 0) is 0 Å². The van der Waals surface area contributed by atoms with E-state index in [1.165, 1.54) is 10.8 Å². The van der Waals surface area contributed by atoms with Crippen molar-refractivity contribution in [2.75, 3.05) is 6.61 Å². The molecule has 1 heterocycles. The standard InChI is InChI=1S/C12H11ClN2O2/c1-2-17-10-6-4-3-5-9(10)15-8-7-14-11(13)12(15)16/h3-8H,2H2,1H3. The van der Waals surface area contributed by atoms with Gasteiger partial charge in [-0.1, -0.05) is 23.7 Å². The SMILES string of the molecule is CCOc1ccccc1-n1ccnc(Cl)c1=O. The Morgan fingerprint density at radius 1 is 1.41 bits per heavy atom.